The summed E-state index contributed by atoms with van der Waals surface area (Å²) in [4.78, 5) is 12.4. The number of benzene rings is 2. The number of hydrogen-bond acceptors (Lipinski definition) is 5. The molecule has 2 atom stereocenters. The minimum absolute atomic E-state index is 0.0240. The fraction of sp³-hybridized carbons (Fsp3) is 0.458. The SMILES string of the molecule is CCc1cccc(CNC[C@@H](O)[C@H](Cc2cc(F)cc(F)c2)NC(=O)CCCNS(C)(=O)=O)c1. The van der Waals surface area contributed by atoms with Crippen LogP contribution < -0.4 is 15.4 Å². The van der Waals surface area contributed by atoms with Crippen molar-refractivity contribution in [3.05, 3.63) is 70.8 Å². The quantitative estimate of drug-likeness (QED) is 0.299. The average molecular weight is 498 g/mol. The maximum Gasteiger partial charge on any atom is 0.220 e. The van der Waals surface area contributed by atoms with Crippen molar-refractivity contribution in [1.29, 1.82) is 0 Å². The summed E-state index contributed by atoms with van der Waals surface area (Å²) in [5, 5.41) is 16.6. The molecule has 2 aromatic rings. The highest BCUT2D eigenvalue weighted by molar-refractivity contribution is 7.88. The number of halogens is 2. The summed E-state index contributed by atoms with van der Waals surface area (Å²) in [5.74, 6) is -1.88. The van der Waals surface area contributed by atoms with E-state index < -0.39 is 39.7 Å². The lowest BCUT2D eigenvalue weighted by Crippen LogP contribution is -2.48. The Balaban J connectivity index is 1.98. The second-order valence-electron chi connectivity index (χ2n) is 8.30. The van der Waals surface area contributed by atoms with Gasteiger partial charge in [0.1, 0.15) is 11.6 Å². The highest BCUT2D eigenvalue weighted by Crippen LogP contribution is 2.12. The molecule has 0 bridgehead atoms. The van der Waals surface area contributed by atoms with Crippen LogP contribution in [0.1, 0.15) is 36.5 Å². The first-order valence-corrected chi connectivity index (χ1v) is 13.1. The third-order valence-electron chi connectivity index (χ3n) is 5.22. The Bertz CT molecular complexity index is 1030. The van der Waals surface area contributed by atoms with Crippen molar-refractivity contribution < 1.29 is 27.1 Å². The van der Waals surface area contributed by atoms with Gasteiger partial charge >= 0.3 is 0 Å². The zero-order chi connectivity index (χ0) is 25.1. The van der Waals surface area contributed by atoms with E-state index in [4.69, 9.17) is 0 Å². The van der Waals surface area contributed by atoms with Crippen LogP contribution in [0.3, 0.4) is 0 Å². The van der Waals surface area contributed by atoms with Crippen LogP contribution in [0, 0.1) is 11.6 Å². The number of rotatable bonds is 14. The number of aryl methyl sites for hydroxylation is 1. The fourth-order valence-corrected chi connectivity index (χ4v) is 4.03. The van der Waals surface area contributed by atoms with Crippen molar-refractivity contribution in [2.45, 2.75) is 51.3 Å². The highest BCUT2D eigenvalue weighted by Gasteiger charge is 2.22. The third kappa shape index (κ3) is 10.7. The molecule has 34 heavy (non-hydrogen) atoms. The molecule has 0 aliphatic rings. The lowest BCUT2D eigenvalue weighted by Gasteiger charge is -2.25. The Morgan fingerprint density at radius 3 is 2.38 bits per heavy atom. The molecule has 0 saturated carbocycles. The van der Waals surface area contributed by atoms with Crippen LogP contribution in [0.2, 0.25) is 0 Å². The van der Waals surface area contributed by atoms with Gasteiger partial charge in [-0.15, -0.1) is 0 Å². The Hall–Kier alpha value is -2.40. The van der Waals surface area contributed by atoms with E-state index in [9.17, 15) is 27.1 Å². The van der Waals surface area contributed by atoms with Gasteiger partial charge in [0.25, 0.3) is 0 Å². The molecule has 188 valence electrons. The van der Waals surface area contributed by atoms with Crippen molar-refractivity contribution in [3.63, 3.8) is 0 Å². The molecule has 0 aromatic heterocycles. The van der Waals surface area contributed by atoms with E-state index in [1.165, 1.54) is 5.56 Å². The second-order valence-corrected chi connectivity index (χ2v) is 10.1. The van der Waals surface area contributed by atoms with Crippen molar-refractivity contribution >= 4 is 15.9 Å². The summed E-state index contributed by atoms with van der Waals surface area (Å²) in [6, 6.07) is 10.3. The Kier molecular flexibility index (Phi) is 11.0. The molecule has 0 saturated heterocycles. The van der Waals surface area contributed by atoms with Crippen LogP contribution in [-0.4, -0.2) is 50.9 Å². The van der Waals surface area contributed by atoms with Crippen LogP contribution in [0.4, 0.5) is 8.78 Å². The second kappa shape index (κ2) is 13.5. The molecule has 7 nitrogen and oxygen atoms in total. The van der Waals surface area contributed by atoms with Crippen LogP contribution in [0.15, 0.2) is 42.5 Å². The van der Waals surface area contributed by atoms with Crippen LogP contribution in [-0.2, 0) is 34.2 Å². The van der Waals surface area contributed by atoms with Gasteiger partial charge < -0.3 is 15.7 Å². The third-order valence-corrected chi connectivity index (χ3v) is 5.94. The highest BCUT2D eigenvalue weighted by atomic mass is 32.2. The number of hydrogen-bond donors (Lipinski definition) is 4. The molecule has 0 heterocycles. The van der Waals surface area contributed by atoms with Gasteiger partial charge in [0.15, 0.2) is 0 Å². The van der Waals surface area contributed by atoms with Crippen LogP contribution in [0.25, 0.3) is 0 Å². The van der Waals surface area contributed by atoms with E-state index in [2.05, 4.69) is 28.3 Å². The molecular weight excluding hydrogens is 464 g/mol. The van der Waals surface area contributed by atoms with E-state index in [0.717, 1.165) is 36.4 Å². The molecule has 0 spiro atoms. The van der Waals surface area contributed by atoms with Crippen molar-refractivity contribution in [2.24, 2.45) is 0 Å². The minimum atomic E-state index is -3.35. The van der Waals surface area contributed by atoms with Gasteiger partial charge in [-0.2, -0.15) is 0 Å². The zero-order valence-corrected chi connectivity index (χ0v) is 20.3. The normalized spacial score (nSPS) is 13.4. The number of sulfonamides is 1. The van der Waals surface area contributed by atoms with Crippen molar-refractivity contribution in [2.75, 3.05) is 19.3 Å². The number of nitrogens with one attached hydrogen (secondary N) is 3. The monoisotopic (exact) mass is 497 g/mol. The summed E-state index contributed by atoms with van der Waals surface area (Å²) < 4.78 is 51.8. The molecule has 2 rings (SSSR count). The van der Waals surface area contributed by atoms with Gasteiger partial charge in [0.05, 0.1) is 18.4 Å². The maximum atomic E-state index is 13.6. The van der Waals surface area contributed by atoms with Crippen molar-refractivity contribution in [3.8, 4) is 0 Å². The number of aliphatic hydroxyl groups excluding tert-OH is 1. The maximum absolute atomic E-state index is 13.6. The Labute approximate surface area is 200 Å². The first kappa shape index (κ1) is 27.8. The predicted molar refractivity (Wildman–Crippen MR) is 128 cm³/mol. The van der Waals surface area contributed by atoms with Gasteiger partial charge in [-0.25, -0.2) is 21.9 Å². The van der Waals surface area contributed by atoms with E-state index >= 15 is 0 Å². The molecule has 0 fully saturated rings. The summed E-state index contributed by atoms with van der Waals surface area (Å²) in [5.41, 5.74) is 2.55. The van der Waals surface area contributed by atoms with Gasteiger partial charge in [0.2, 0.25) is 15.9 Å². The molecular formula is C24H33F2N3O4S. The van der Waals surface area contributed by atoms with Crippen LogP contribution >= 0.6 is 0 Å². The van der Waals surface area contributed by atoms with E-state index in [-0.39, 0.29) is 32.4 Å². The number of carbonyl (C=O) groups excluding carboxylic acids is 1. The predicted octanol–water partition coefficient (Wildman–Crippen LogP) is 2.03. The van der Waals surface area contributed by atoms with Gasteiger partial charge in [-0.1, -0.05) is 31.2 Å². The molecule has 0 aliphatic carbocycles. The molecule has 2 aromatic carbocycles. The van der Waals surface area contributed by atoms with Crippen molar-refractivity contribution in [1.82, 2.24) is 15.4 Å². The van der Waals surface area contributed by atoms with E-state index in [0.29, 0.717) is 12.1 Å². The molecule has 0 radical (unpaired) electrons. The summed E-state index contributed by atoms with van der Waals surface area (Å²) in [6.45, 7) is 2.83. The Morgan fingerprint density at radius 1 is 1.06 bits per heavy atom. The first-order valence-electron chi connectivity index (χ1n) is 11.2. The van der Waals surface area contributed by atoms with E-state index in [1.807, 2.05) is 18.2 Å². The molecule has 1 amide bonds. The van der Waals surface area contributed by atoms with E-state index in [1.54, 1.807) is 0 Å². The van der Waals surface area contributed by atoms with Gasteiger partial charge in [-0.3, -0.25) is 4.79 Å². The standard InChI is InChI=1S/C24H33F2N3O4S/c1-3-17-6-4-7-18(10-17)15-27-16-23(30)22(13-19-11-20(25)14-21(26)12-19)29-24(31)8-5-9-28-34(2,32)33/h4,6-7,10-12,14,22-23,27-28,30H,3,5,8-9,13,15-16H2,1-2H3,(H,29,31)/t22-,23+/m0/s1. The number of amides is 1. The first-order chi connectivity index (χ1) is 16.1. The van der Waals surface area contributed by atoms with Gasteiger partial charge in [-0.05, 0) is 48.1 Å². The number of aliphatic hydroxyl groups is 1. The minimum Gasteiger partial charge on any atom is -0.390 e. The molecule has 0 aliphatic heterocycles. The molecule has 4 N–H and O–H groups in total. The Morgan fingerprint density at radius 2 is 1.74 bits per heavy atom. The largest absolute Gasteiger partial charge is 0.390 e. The molecule has 0 unspecified atom stereocenters. The molecule has 10 heteroatoms. The zero-order valence-electron chi connectivity index (χ0n) is 19.5. The summed E-state index contributed by atoms with van der Waals surface area (Å²) in [6.07, 6.45) is 1.23. The van der Waals surface area contributed by atoms with Gasteiger partial charge in [0, 0.05) is 32.1 Å². The fourth-order valence-electron chi connectivity index (χ4n) is 3.52. The average Bonchev–Trinajstić information content (AvgIpc) is 2.75. The van der Waals surface area contributed by atoms with Crippen LogP contribution in [0.5, 0.6) is 0 Å². The summed E-state index contributed by atoms with van der Waals surface area (Å²) >= 11 is 0. The topological polar surface area (TPSA) is 108 Å². The summed E-state index contributed by atoms with van der Waals surface area (Å²) in [7, 11) is -3.35. The lowest BCUT2D eigenvalue weighted by atomic mass is 10.00. The smallest absolute Gasteiger partial charge is 0.220 e. The number of carbonyl (C=O) groups is 1. The lowest BCUT2D eigenvalue weighted by molar-refractivity contribution is -0.122.